The number of carbonyl (C=O) groups excluding carboxylic acids is 2. The van der Waals surface area contributed by atoms with Crippen LogP contribution in [0.1, 0.15) is 49.2 Å². The number of fused-ring (bicyclic) bond motifs is 3. The van der Waals surface area contributed by atoms with E-state index in [0.717, 1.165) is 25.8 Å². The van der Waals surface area contributed by atoms with Gasteiger partial charge in [0.1, 0.15) is 5.75 Å². The Labute approximate surface area is 404 Å². The zero-order chi connectivity index (χ0) is 48.0. The SMILES string of the molecule is O=C(COc1ccc(C=CC2=[N+]3C(=Cc4ccc(-c5cccs5)n4[B-]3(F)F)C=C2)cc1)NCCCCCC(=O)N1CC2(C1)CN(c1nc(N3CCOCC3)nc(-n3c(C(F)F)nc4ccccc43)n1)C2. The Morgan fingerprint density at radius 1 is 0.857 bits per heavy atom. The monoisotopic (exact) mass is 973 g/mol. The van der Waals surface area contributed by atoms with Crippen LogP contribution in [0, 0.1) is 5.41 Å². The second kappa shape index (κ2) is 18.7. The maximum atomic E-state index is 16.2. The number of unbranched alkanes of at least 4 members (excludes halogenated alkanes) is 2. The summed E-state index contributed by atoms with van der Waals surface area (Å²) < 4.78 is 75.7. The van der Waals surface area contributed by atoms with Gasteiger partial charge < -0.3 is 47.1 Å². The molecule has 0 atom stereocenters. The molecule has 3 saturated heterocycles. The highest BCUT2D eigenvalue weighted by Gasteiger charge is 2.54. The van der Waals surface area contributed by atoms with Crippen LogP contribution in [-0.4, -0.2) is 128 Å². The maximum Gasteiger partial charge on any atom is 0.737 e. The third-order valence-corrected chi connectivity index (χ3v) is 14.2. The summed E-state index contributed by atoms with van der Waals surface area (Å²) in [4.78, 5) is 50.6. The number of amides is 2. The summed E-state index contributed by atoms with van der Waals surface area (Å²) >= 11 is 1.43. The first-order valence-electron chi connectivity index (χ1n) is 23.4. The van der Waals surface area contributed by atoms with Crippen molar-refractivity contribution in [1.29, 1.82) is 0 Å². The van der Waals surface area contributed by atoms with E-state index in [2.05, 4.69) is 15.3 Å². The van der Waals surface area contributed by atoms with Crippen molar-refractivity contribution < 1.29 is 41.0 Å². The molecule has 4 aromatic heterocycles. The highest BCUT2D eigenvalue weighted by atomic mass is 32.1. The molecule has 11 rings (SSSR count). The Morgan fingerprint density at radius 2 is 1.63 bits per heavy atom. The Kier molecular flexibility index (Phi) is 12.1. The number of para-hydroxylation sites is 2. The van der Waals surface area contributed by atoms with E-state index in [-0.39, 0.29) is 29.8 Å². The van der Waals surface area contributed by atoms with Crippen molar-refractivity contribution in [1.82, 2.24) is 39.2 Å². The number of allylic oxidation sites excluding steroid dienone is 3. The number of thiophene rings is 1. The lowest BCUT2D eigenvalue weighted by Gasteiger charge is -2.60. The van der Waals surface area contributed by atoms with Crippen molar-refractivity contribution in [3.8, 4) is 22.3 Å². The highest BCUT2D eigenvalue weighted by Crippen LogP contribution is 2.42. The first kappa shape index (κ1) is 45.3. The molecule has 70 heavy (non-hydrogen) atoms. The van der Waals surface area contributed by atoms with Gasteiger partial charge in [-0.3, -0.25) is 14.2 Å². The van der Waals surface area contributed by atoms with Gasteiger partial charge in [-0.05, 0) is 72.3 Å². The van der Waals surface area contributed by atoms with Crippen molar-refractivity contribution in [3.05, 3.63) is 119 Å². The molecule has 360 valence electrons. The third kappa shape index (κ3) is 8.76. The van der Waals surface area contributed by atoms with Crippen LogP contribution < -0.4 is 19.9 Å². The minimum atomic E-state index is -4.14. The molecule has 0 unspecified atom stereocenters. The molecule has 1 spiro atoms. The molecule has 3 fully saturated rings. The normalized spacial score (nSPS) is 17.8. The van der Waals surface area contributed by atoms with Gasteiger partial charge in [-0.1, -0.05) is 36.8 Å². The van der Waals surface area contributed by atoms with E-state index in [9.17, 15) is 18.4 Å². The number of halogens is 4. The number of alkyl halides is 2. The molecule has 9 heterocycles. The Morgan fingerprint density at radius 3 is 2.40 bits per heavy atom. The first-order valence-corrected chi connectivity index (χ1v) is 24.3. The fourth-order valence-electron chi connectivity index (χ4n) is 9.87. The summed E-state index contributed by atoms with van der Waals surface area (Å²) in [6.45, 7) is 0.758. The molecular weight excluding hydrogens is 925 g/mol. The average Bonchev–Trinajstić information content (AvgIpc) is 4.18. The predicted octanol–water partition coefficient (Wildman–Crippen LogP) is 7.23. The molecule has 0 saturated carbocycles. The summed E-state index contributed by atoms with van der Waals surface area (Å²) in [6, 6.07) is 21.2. The summed E-state index contributed by atoms with van der Waals surface area (Å²) in [6.07, 6.45) is 8.37. The van der Waals surface area contributed by atoms with Crippen LogP contribution in [0.3, 0.4) is 0 Å². The lowest BCUT2D eigenvalue weighted by Crippen LogP contribution is -2.73. The number of likely N-dealkylation sites (tertiary alicyclic amines) is 1. The molecule has 1 N–H and O–H groups in total. The molecule has 15 nitrogen and oxygen atoms in total. The third-order valence-electron chi connectivity index (χ3n) is 13.3. The molecule has 0 bridgehead atoms. The molecule has 2 aromatic carbocycles. The number of imidazole rings is 1. The van der Waals surface area contributed by atoms with E-state index in [1.807, 2.05) is 32.2 Å². The van der Waals surface area contributed by atoms with E-state index >= 15 is 8.63 Å². The summed E-state index contributed by atoms with van der Waals surface area (Å²) in [5, 5.41) is 4.75. The van der Waals surface area contributed by atoms with Crippen LogP contribution in [0.25, 0.3) is 39.7 Å². The van der Waals surface area contributed by atoms with Crippen LogP contribution in [0.5, 0.6) is 5.75 Å². The Hall–Kier alpha value is -7.13. The van der Waals surface area contributed by atoms with Gasteiger partial charge in [0.05, 0.1) is 24.2 Å². The van der Waals surface area contributed by atoms with Crippen LogP contribution in [0.2, 0.25) is 0 Å². The molecule has 0 radical (unpaired) electrons. The number of anilines is 2. The zero-order valence-electron chi connectivity index (χ0n) is 38.0. The predicted molar refractivity (Wildman–Crippen MR) is 260 cm³/mol. The van der Waals surface area contributed by atoms with E-state index < -0.39 is 19.2 Å². The molecule has 21 heteroatoms. The number of carbonyl (C=O) groups is 2. The molecule has 5 aliphatic rings. The highest BCUT2D eigenvalue weighted by molar-refractivity contribution is 7.13. The van der Waals surface area contributed by atoms with Gasteiger partial charge >= 0.3 is 6.97 Å². The number of morpholine rings is 1. The maximum absolute atomic E-state index is 16.2. The number of nitrogens with zero attached hydrogens (tertiary/aromatic N) is 10. The largest absolute Gasteiger partial charge is 0.737 e. The van der Waals surface area contributed by atoms with Gasteiger partial charge in [0.25, 0.3) is 12.3 Å². The summed E-state index contributed by atoms with van der Waals surface area (Å²) in [5.41, 5.74) is 3.38. The smallest absolute Gasteiger partial charge is 0.484 e. The van der Waals surface area contributed by atoms with Crippen molar-refractivity contribution in [2.75, 3.05) is 75.4 Å². The fraction of sp³-hybridized carbons (Fsp3) is 0.327. The van der Waals surface area contributed by atoms with Crippen LogP contribution >= 0.6 is 11.3 Å². The number of ether oxygens (including phenoxy) is 2. The van der Waals surface area contributed by atoms with Crippen LogP contribution in [0.15, 0.2) is 102 Å². The topological polar surface area (TPSA) is 139 Å². The lowest BCUT2D eigenvalue weighted by atomic mass is 9.73. The van der Waals surface area contributed by atoms with Crippen molar-refractivity contribution in [2.45, 2.75) is 32.1 Å². The van der Waals surface area contributed by atoms with Gasteiger partial charge in [0.15, 0.2) is 23.8 Å². The quantitative estimate of drug-likeness (QED) is 0.0601. The number of rotatable bonds is 16. The van der Waals surface area contributed by atoms with Crippen LogP contribution in [-0.2, 0) is 14.3 Å². The van der Waals surface area contributed by atoms with Crippen LogP contribution in [0.4, 0.5) is 29.3 Å². The summed E-state index contributed by atoms with van der Waals surface area (Å²) in [7, 11) is 0. The van der Waals surface area contributed by atoms with Crippen molar-refractivity contribution >= 4 is 70.9 Å². The Balaban J connectivity index is 0.607. The van der Waals surface area contributed by atoms with E-state index in [1.165, 1.54) is 15.9 Å². The minimum absolute atomic E-state index is 0.0790. The number of hydrogen-bond acceptors (Lipinski definition) is 11. The van der Waals surface area contributed by atoms with Gasteiger partial charge in [0.2, 0.25) is 23.8 Å². The fourth-order valence-corrected chi connectivity index (χ4v) is 10.6. The lowest BCUT2D eigenvalue weighted by molar-refractivity contribution is -0.359. The number of hydrogen-bond donors (Lipinski definition) is 1. The standard InChI is InChI=1S/C49H48BF4N11O4S/c51-44(52)45-56-38-7-3-4-8-39(38)63(45)48-58-46(60-22-24-68-25-23-60)57-47(59-48)62-31-49(32-62)29-61(30-49)43(67)10-2-1-5-21-55-42(66)28-69-37-18-12-33(13-19-37)11-14-34-15-16-35-27-36-17-20-40(41-9-6-26-70-41)65(36)50(53,54)64(34)35/h3-4,6-9,11-20,26-27,44H,1-2,5,10,21-25,28-32H2,(H,55,66). The van der Waals surface area contributed by atoms with Crippen molar-refractivity contribution in [3.63, 3.8) is 0 Å². The number of aromatic nitrogens is 6. The molecule has 5 aliphatic heterocycles. The van der Waals surface area contributed by atoms with Gasteiger partial charge in [-0.25, -0.2) is 13.8 Å². The zero-order valence-corrected chi connectivity index (χ0v) is 38.8. The molecule has 0 aliphatic carbocycles. The van der Waals surface area contributed by atoms with E-state index in [4.69, 9.17) is 19.4 Å². The van der Waals surface area contributed by atoms with Crippen molar-refractivity contribution in [2.24, 2.45) is 5.41 Å². The number of benzene rings is 2. The van der Waals surface area contributed by atoms with E-state index in [0.29, 0.717) is 130 Å². The first-order chi connectivity index (χ1) is 34.0. The summed E-state index contributed by atoms with van der Waals surface area (Å²) in [5.74, 6) is 0.761. The average molecular weight is 974 g/mol. The Bertz CT molecular complexity index is 3080. The minimum Gasteiger partial charge on any atom is -0.484 e. The second-order valence-corrected chi connectivity index (χ2v) is 19.1. The van der Waals surface area contributed by atoms with Gasteiger partial charge in [-0.15, -0.1) is 11.3 Å². The second-order valence-electron chi connectivity index (χ2n) is 18.2. The van der Waals surface area contributed by atoms with Gasteiger partial charge in [0, 0.05) is 98.2 Å². The number of nitrogens with one attached hydrogen (secondary N) is 1. The van der Waals surface area contributed by atoms with E-state index in [1.54, 1.807) is 91.0 Å². The molecular formula is C49H48BF4N11O4S. The van der Waals surface area contributed by atoms with Gasteiger partial charge in [-0.2, -0.15) is 15.0 Å². The molecule has 2 amide bonds. The molecule has 6 aromatic rings.